The highest BCUT2D eigenvalue weighted by atomic mass is 35.5. The number of nitrogens with one attached hydrogen (secondary N) is 1. The fourth-order valence-electron chi connectivity index (χ4n) is 5.22. The Bertz CT molecular complexity index is 1310. The highest BCUT2D eigenvalue weighted by Gasteiger charge is 2.43. The number of halogens is 2. The number of ether oxygens (including phenoxy) is 4. The minimum absolute atomic E-state index is 0.0165. The number of hydrogen-bond acceptors (Lipinski definition) is 7. The molecule has 2 aromatic rings. The topological polar surface area (TPSA) is 83.1 Å². The van der Waals surface area contributed by atoms with Crippen LogP contribution in [0.4, 0.5) is 4.39 Å². The van der Waals surface area contributed by atoms with Crippen molar-refractivity contribution in [2.45, 2.75) is 51.6 Å². The first-order chi connectivity index (χ1) is 18.7. The van der Waals surface area contributed by atoms with Gasteiger partial charge in [-0.1, -0.05) is 23.7 Å². The third-order valence-corrected chi connectivity index (χ3v) is 7.31. The van der Waals surface area contributed by atoms with Crippen molar-refractivity contribution in [1.82, 2.24) is 5.32 Å². The molecule has 1 aliphatic heterocycles. The van der Waals surface area contributed by atoms with E-state index in [9.17, 15) is 9.59 Å². The summed E-state index contributed by atoms with van der Waals surface area (Å²) in [7, 11) is 3.12. The Kier molecular flexibility index (Phi) is 8.97. The minimum atomic E-state index is -1.01. The van der Waals surface area contributed by atoms with Crippen LogP contribution >= 0.6 is 11.6 Å². The Hall–Kier alpha value is -3.36. The van der Waals surface area contributed by atoms with E-state index in [1.54, 1.807) is 33.3 Å². The normalized spacial score (nSPS) is 19.1. The summed E-state index contributed by atoms with van der Waals surface area (Å²) in [4.78, 5) is 27.1. The van der Waals surface area contributed by atoms with Gasteiger partial charge < -0.3 is 24.3 Å². The van der Waals surface area contributed by atoms with Gasteiger partial charge in [-0.2, -0.15) is 0 Å². The van der Waals surface area contributed by atoms with Gasteiger partial charge >= 0.3 is 5.97 Å². The predicted molar refractivity (Wildman–Crippen MR) is 146 cm³/mol. The maximum absolute atomic E-state index is 15.3. The molecule has 0 saturated carbocycles. The van der Waals surface area contributed by atoms with Gasteiger partial charge in [-0.3, -0.25) is 4.79 Å². The summed E-state index contributed by atoms with van der Waals surface area (Å²) in [6, 6.07) is 9.89. The minimum Gasteiger partial charge on any atom is -0.493 e. The SMILES string of the molecule is COc1ccc([C@H]2CC(=O)C3=C(C2)NC(C)=C(C(=O)OCCOC(C)C)[C@@H]3c2c(F)cccc2Cl)cc1OC. The van der Waals surface area contributed by atoms with Gasteiger partial charge in [0.25, 0.3) is 0 Å². The summed E-state index contributed by atoms with van der Waals surface area (Å²) in [6.45, 7) is 5.72. The Balaban J connectivity index is 1.73. The number of rotatable bonds is 9. The number of benzene rings is 2. The second kappa shape index (κ2) is 12.2. The quantitative estimate of drug-likeness (QED) is 0.307. The molecule has 0 fully saturated rings. The van der Waals surface area contributed by atoms with Crippen molar-refractivity contribution in [3.63, 3.8) is 0 Å². The van der Waals surface area contributed by atoms with Crippen LogP contribution in [0.2, 0.25) is 5.02 Å². The molecule has 1 heterocycles. The van der Waals surface area contributed by atoms with Gasteiger partial charge in [0, 0.05) is 34.0 Å². The van der Waals surface area contributed by atoms with Crippen molar-refractivity contribution in [1.29, 1.82) is 0 Å². The van der Waals surface area contributed by atoms with E-state index in [0.29, 0.717) is 34.9 Å². The monoisotopic (exact) mass is 557 g/mol. The van der Waals surface area contributed by atoms with Crippen molar-refractivity contribution in [2.75, 3.05) is 27.4 Å². The van der Waals surface area contributed by atoms with Crippen LogP contribution in [0, 0.1) is 5.82 Å². The second-order valence-electron chi connectivity index (χ2n) is 9.82. The number of Topliss-reactive ketones (excluding diaryl/α,β-unsaturated/α-hetero) is 1. The number of carbonyl (C=O) groups is 2. The van der Waals surface area contributed by atoms with Gasteiger partial charge in [0.15, 0.2) is 17.3 Å². The molecule has 9 heteroatoms. The van der Waals surface area contributed by atoms with Gasteiger partial charge in [0.2, 0.25) is 0 Å². The fraction of sp³-hybridized carbons (Fsp3) is 0.400. The summed E-state index contributed by atoms with van der Waals surface area (Å²) in [6.07, 6.45) is 0.626. The molecule has 0 saturated heterocycles. The van der Waals surface area contributed by atoms with E-state index < -0.39 is 17.7 Å². The number of allylic oxidation sites excluding steroid dienone is 3. The third-order valence-electron chi connectivity index (χ3n) is 6.98. The summed E-state index contributed by atoms with van der Waals surface area (Å²) in [5.74, 6) is -1.46. The maximum Gasteiger partial charge on any atom is 0.336 e. The Morgan fingerprint density at radius 1 is 1.10 bits per heavy atom. The van der Waals surface area contributed by atoms with Crippen LogP contribution in [0.1, 0.15) is 56.6 Å². The zero-order valence-corrected chi connectivity index (χ0v) is 23.5. The van der Waals surface area contributed by atoms with Crippen molar-refractivity contribution >= 4 is 23.4 Å². The number of carbonyl (C=O) groups excluding carboxylic acids is 2. The van der Waals surface area contributed by atoms with Crippen LogP contribution in [0.5, 0.6) is 11.5 Å². The van der Waals surface area contributed by atoms with E-state index >= 15 is 4.39 Å². The van der Waals surface area contributed by atoms with Gasteiger partial charge in [-0.25, -0.2) is 9.18 Å². The molecule has 7 nitrogen and oxygen atoms in total. The third kappa shape index (κ3) is 5.97. The smallest absolute Gasteiger partial charge is 0.336 e. The molecule has 0 amide bonds. The lowest BCUT2D eigenvalue weighted by Crippen LogP contribution is -2.36. The summed E-state index contributed by atoms with van der Waals surface area (Å²) in [5, 5.41) is 3.39. The Labute approximate surface area is 232 Å². The zero-order chi connectivity index (χ0) is 28.3. The molecule has 2 aromatic carbocycles. The number of ketones is 1. The number of dihydropyridines is 1. The molecule has 0 unspecified atom stereocenters. The molecule has 39 heavy (non-hydrogen) atoms. The summed E-state index contributed by atoms with van der Waals surface area (Å²) >= 11 is 6.49. The lowest BCUT2D eigenvalue weighted by molar-refractivity contribution is -0.141. The van der Waals surface area contributed by atoms with E-state index in [1.165, 1.54) is 12.1 Å². The molecule has 1 N–H and O–H groups in total. The van der Waals surface area contributed by atoms with Gasteiger partial charge in [0.05, 0.1) is 38.4 Å². The van der Waals surface area contributed by atoms with Gasteiger partial charge in [0.1, 0.15) is 12.4 Å². The van der Waals surface area contributed by atoms with E-state index in [0.717, 1.165) is 5.56 Å². The zero-order valence-electron chi connectivity index (χ0n) is 22.7. The van der Waals surface area contributed by atoms with Crippen molar-refractivity contribution in [3.8, 4) is 11.5 Å². The molecule has 2 atom stereocenters. The lowest BCUT2D eigenvalue weighted by atomic mass is 9.71. The molecular weight excluding hydrogens is 525 g/mol. The van der Waals surface area contributed by atoms with Crippen LogP contribution < -0.4 is 14.8 Å². The van der Waals surface area contributed by atoms with E-state index in [2.05, 4.69) is 5.32 Å². The largest absolute Gasteiger partial charge is 0.493 e. The first kappa shape index (κ1) is 28.6. The molecule has 2 aliphatic rings. The molecule has 0 bridgehead atoms. The molecular formula is C30H33ClFNO6. The average molecular weight is 558 g/mol. The van der Waals surface area contributed by atoms with E-state index in [4.69, 9.17) is 30.5 Å². The van der Waals surface area contributed by atoms with Crippen LogP contribution in [-0.2, 0) is 19.1 Å². The van der Waals surface area contributed by atoms with E-state index in [1.807, 2.05) is 26.0 Å². The number of methoxy groups -OCH3 is 2. The summed E-state index contributed by atoms with van der Waals surface area (Å²) in [5.41, 5.74) is 2.58. The van der Waals surface area contributed by atoms with Gasteiger partial charge in [-0.15, -0.1) is 0 Å². The lowest BCUT2D eigenvalue weighted by Gasteiger charge is -2.37. The average Bonchev–Trinajstić information content (AvgIpc) is 2.89. The van der Waals surface area contributed by atoms with Crippen LogP contribution in [0.3, 0.4) is 0 Å². The van der Waals surface area contributed by atoms with E-state index in [-0.39, 0.29) is 53.6 Å². The number of esters is 1. The molecule has 208 valence electrons. The van der Waals surface area contributed by atoms with Crippen molar-refractivity contribution in [2.24, 2.45) is 0 Å². The first-order valence-electron chi connectivity index (χ1n) is 12.8. The highest BCUT2D eigenvalue weighted by Crippen LogP contribution is 2.48. The van der Waals surface area contributed by atoms with Crippen LogP contribution in [0.15, 0.2) is 58.9 Å². The molecule has 4 rings (SSSR count). The van der Waals surface area contributed by atoms with Crippen LogP contribution in [-0.4, -0.2) is 45.3 Å². The predicted octanol–water partition coefficient (Wildman–Crippen LogP) is 5.83. The standard InChI is InChI=1S/C30H33ClFNO6/c1-16(2)38-11-12-39-30(35)26-17(3)33-22-13-19(18-9-10-24(36-4)25(15-18)37-5)14-23(34)28(22)29(26)27-20(31)7-6-8-21(27)32/h6-10,15-16,19,29,33H,11-14H2,1-5H3/t19-,29-/m1/s1. The first-order valence-corrected chi connectivity index (χ1v) is 13.2. The molecule has 0 radical (unpaired) electrons. The molecule has 0 spiro atoms. The van der Waals surface area contributed by atoms with Crippen molar-refractivity contribution < 1.29 is 32.9 Å². The maximum atomic E-state index is 15.3. The Morgan fingerprint density at radius 3 is 2.51 bits per heavy atom. The van der Waals surface area contributed by atoms with Crippen molar-refractivity contribution in [3.05, 3.63) is 80.9 Å². The summed E-state index contributed by atoms with van der Waals surface area (Å²) < 4.78 is 37.1. The number of hydrogen-bond donors (Lipinski definition) is 1. The molecule has 1 aliphatic carbocycles. The fourth-order valence-corrected chi connectivity index (χ4v) is 5.50. The van der Waals surface area contributed by atoms with Crippen LogP contribution in [0.25, 0.3) is 0 Å². The second-order valence-corrected chi connectivity index (χ2v) is 10.2. The Morgan fingerprint density at radius 2 is 1.85 bits per heavy atom. The molecule has 0 aromatic heterocycles. The van der Waals surface area contributed by atoms with Gasteiger partial charge in [-0.05, 0) is 62.9 Å². The highest BCUT2D eigenvalue weighted by molar-refractivity contribution is 6.31.